The molecule has 1 fully saturated rings. The summed E-state index contributed by atoms with van der Waals surface area (Å²) >= 11 is 0. The summed E-state index contributed by atoms with van der Waals surface area (Å²) in [4.78, 5) is 29.0. The minimum absolute atomic E-state index is 0.163. The second-order valence-electron chi connectivity index (χ2n) is 5.73. The number of amides is 2. The predicted octanol–water partition coefficient (Wildman–Crippen LogP) is 1.83. The number of urea groups is 1. The lowest BCUT2D eigenvalue weighted by molar-refractivity contribution is -0.143. The highest BCUT2D eigenvalue weighted by molar-refractivity contribution is 5.76. The van der Waals surface area contributed by atoms with E-state index in [1.165, 1.54) is 0 Å². The van der Waals surface area contributed by atoms with Crippen LogP contribution in [0.4, 0.5) is 4.79 Å². The lowest BCUT2D eigenvalue weighted by atomic mass is 9.99. The first-order chi connectivity index (χ1) is 10.6. The molecule has 2 N–H and O–H groups in total. The number of nitrogens with one attached hydrogen (secondary N) is 1. The number of aromatic nitrogens is 1. The van der Waals surface area contributed by atoms with E-state index in [1.54, 1.807) is 11.1 Å². The van der Waals surface area contributed by atoms with Crippen molar-refractivity contribution >= 4 is 12.0 Å². The van der Waals surface area contributed by atoms with Gasteiger partial charge in [-0.25, -0.2) is 4.79 Å². The zero-order valence-corrected chi connectivity index (χ0v) is 12.9. The summed E-state index contributed by atoms with van der Waals surface area (Å²) in [7, 11) is 0. The van der Waals surface area contributed by atoms with E-state index in [2.05, 4.69) is 10.3 Å². The van der Waals surface area contributed by atoms with Crippen LogP contribution < -0.4 is 5.32 Å². The number of hydrogen-bond donors (Lipinski definition) is 2. The Bertz CT molecular complexity index is 533. The fourth-order valence-corrected chi connectivity index (χ4v) is 2.71. The highest BCUT2D eigenvalue weighted by atomic mass is 16.4. The number of likely N-dealkylation sites (tertiary alicyclic amines) is 1. The summed E-state index contributed by atoms with van der Waals surface area (Å²) in [5, 5.41) is 11.9. The van der Waals surface area contributed by atoms with Crippen LogP contribution in [0, 0.1) is 12.8 Å². The van der Waals surface area contributed by atoms with E-state index in [-0.39, 0.29) is 6.03 Å². The van der Waals surface area contributed by atoms with E-state index in [1.807, 2.05) is 19.1 Å². The van der Waals surface area contributed by atoms with Gasteiger partial charge in [-0.05, 0) is 44.2 Å². The van der Waals surface area contributed by atoms with Crippen LogP contribution in [0.1, 0.15) is 30.5 Å². The number of carbonyl (C=O) groups excluding carboxylic acids is 1. The standard InChI is InChI=1S/C16H23N3O3/c1-12-5-2-8-17-14(12)7-3-9-18-16(22)19-10-4-6-13(11-19)15(20)21/h2,5,8,13H,3-4,6-7,9-11H2,1H3,(H,18,22)(H,20,21). The lowest BCUT2D eigenvalue weighted by Gasteiger charge is -2.30. The number of aliphatic carboxylic acids is 1. The number of rotatable bonds is 5. The van der Waals surface area contributed by atoms with Crippen molar-refractivity contribution in [3.63, 3.8) is 0 Å². The van der Waals surface area contributed by atoms with Crippen LogP contribution in [0.5, 0.6) is 0 Å². The van der Waals surface area contributed by atoms with E-state index in [0.717, 1.165) is 30.5 Å². The van der Waals surface area contributed by atoms with Gasteiger partial charge in [0.05, 0.1) is 5.92 Å². The number of carboxylic acid groups (broad SMARTS) is 1. The quantitative estimate of drug-likeness (QED) is 0.813. The van der Waals surface area contributed by atoms with Gasteiger partial charge in [0.2, 0.25) is 0 Å². The Labute approximate surface area is 130 Å². The highest BCUT2D eigenvalue weighted by Gasteiger charge is 2.27. The Morgan fingerprint density at radius 1 is 1.50 bits per heavy atom. The predicted molar refractivity (Wildman–Crippen MR) is 82.6 cm³/mol. The molecule has 6 nitrogen and oxygen atoms in total. The van der Waals surface area contributed by atoms with E-state index in [4.69, 9.17) is 5.11 Å². The van der Waals surface area contributed by atoms with Gasteiger partial charge in [-0.3, -0.25) is 9.78 Å². The van der Waals surface area contributed by atoms with Gasteiger partial charge < -0.3 is 15.3 Å². The highest BCUT2D eigenvalue weighted by Crippen LogP contribution is 2.16. The molecule has 1 aromatic heterocycles. The molecule has 6 heteroatoms. The van der Waals surface area contributed by atoms with Gasteiger partial charge >= 0.3 is 12.0 Å². The number of carbonyl (C=O) groups is 2. The van der Waals surface area contributed by atoms with Crippen molar-refractivity contribution in [1.29, 1.82) is 0 Å². The first kappa shape index (κ1) is 16.3. The van der Waals surface area contributed by atoms with Crippen LogP contribution in [0.25, 0.3) is 0 Å². The fourth-order valence-electron chi connectivity index (χ4n) is 2.71. The van der Waals surface area contributed by atoms with Gasteiger partial charge in [0.15, 0.2) is 0 Å². The Hall–Kier alpha value is -2.11. The Morgan fingerprint density at radius 2 is 2.32 bits per heavy atom. The molecule has 0 bridgehead atoms. The van der Waals surface area contributed by atoms with Crippen LogP contribution in [0.2, 0.25) is 0 Å². The molecule has 0 radical (unpaired) electrons. The maximum absolute atomic E-state index is 12.1. The third-order valence-electron chi connectivity index (χ3n) is 4.04. The zero-order chi connectivity index (χ0) is 15.9. The molecule has 22 heavy (non-hydrogen) atoms. The van der Waals surface area contributed by atoms with E-state index in [9.17, 15) is 9.59 Å². The molecule has 1 saturated heterocycles. The largest absolute Gasteiger partial charge is 0.481 e. The Kier molecular flexibility index (Phi) is 5.75. The van der Waals surface area contributed by atoms with Crippen molar-refractivity contribution in [2.45, 2.75) is 32.6 Å². The second-order valence-corrected chi connectivity index (χ2v) is 5.73. The van der Waals surface area contributed by atoms with Crippen molar-refractivity contribution in [2.75, 3.05) is 19.6 Å². The molecule has 1 unspecified atom stereocenters. The normalized spacial score (nSPS) is 18.0. The summed E-state index contributed by atoms with van der Waals surface area (Å²) in [6.45, 7) is 3.54. The molecule has 0 aliphatic carbocycles. The molecule has 1 aromatic rings. The Morgan fingerprint density at radius 3 is 3.05 bits per heavy atom. The van der Waals surface area contributed by atoms with E-state index < -0.39 is 11.9 Å². The smallest absolute Gasteiger partial charge is 0.317 e. The summed E-state index contributed by atoms with van der Waals surface area (Å²) in [6.07, 6.45) is 4.82. The monoisotopic (exact) mass is 305 g/mol. The summed E-state index contributed by atoms with van der Waals surface area (Å²) in [6, 6.07) is 3.78. The summed E-state index contributed by atoms with van der Waals surface area (Å²) < 4.78 is 0. The van der Waals surface area contributed by atoms with Gasteiger partial charge in [0, 0.05) is 31.5 Å². The van der Waals surface area contributed by atoms with Crippen molar-refractivity contribution < 1.29 is 14.7 Å². The van der Waals surface area contributed by atoms with E-state index >= 15 is 0 Å². The third-order valence-corrected chi connectivity index (χ3v) is 4.04. The number of carboxylic acids is 1. The molecule has 1 aliphatic rings. The number of hydrogen-bond acceptors (Lipinski definition) is 3. The maximum Gasteiger partial charge on any atom is 0.317 e. The first-order valence-corrected chi connectivity index (χ1v) is 7.74. The molecule has 0 aromatic carbocycles. The molecule has 120 valence electrons. The van der Waals surface area contributed by atoms with Gasteiger partial charge in [0.25, 0.3) is 0 Å². The Balaban J connectivity index is 1.71. The van der Waals surface area contributed by atoms with E-state index in [0.29, 0.717) is 26.1 Å². The molecule has 2 rings (SSSR count). The topological polar surface area (TPSA) is 82.5 Å². The minimum Gasteiger partial charge on any atom is -0.481 e. The van der Waals surface area contributed by atoms with Crippen LogP contribution >= 0.6 is 0 Å². The fraction of sp³-hybridized carbons (Fsp3) is 0.562. The van der Waals surface area contributed by atoms with Crippen molar-refractivity contribution in [2.24, 2.45) is 5.92 Å². The van der Waals surface area contributed by atoms with Crippen LogP contribution in [0.15, 0.2) is 18.3 Å². The average Bonchev–Trinajstić information content (AvgIpc) is 2.53. The minimum atomic E-state index is -0.817. The number of pyridine rings is 1. The van der Waals surface area contributed by atoms with Crippen molar-refractivity contribution in [3.05, 3.63) is 29.6 Å². The number of piperidine rings is 1. The molecule has 2 amide bonds. The lowest BCUT2D eigenvalue weighted by Crippen LogP contribution is -2.47. The molecule has 1 aliphatic heterocycles. The molecular formula is C16H23N3O3. The number of aryl methyl sites for hydroxylation is 2. The van der Waals surface area contributed by atoms with Crippen molar-refractivity contribution in [3.8, 4) is 0 Å². The molecule has 0 saturated carbocycles. The molecular weight excluding hydrogens is 282 g/mol. The van der Waals surface area contributed by atoms with Crippen LogP contribution in [0.3, 0.4) is 0 Å². The van der Waals surface area contributed by atoms with Gasteiger partial charge in [-0.2, -0.15) is 0 Å². The molecule has 2 heterocycles. The molecule has 1 atom stereocenters. The maximum atomic E-state index is 12.1. The van der Waals surface area contributed by atoms with Crippen LogP contribution in [-0.4, -0.2) is 46.6 Å². The summed E-state index contributed by atoms with van der Waals surface area (Å²) in [5.74, 6) is -1.25. The van der Waals surface area contributed by atoms with Crippen molar-refractivity contribution in [1.82, 2.24) is 15.2 Å². The van der Waals surface area contributed by atoms with Gasteiger partial charge in [-0.1, -0.05) is 6.07 Å². The third kappa shape index (κ3) is 4.44. The molecule has 0 spiro atoms. The average molecular weight is 305 g/mol. The number of nitrogens with zero attached hydrogens (tertiary/aromatic N) is 2. The second kappa shape index (κ2) is 7.77. The van der Waals surface area contributed by atoms with Gasteiger partial charge in [0.1, 0.15) is 0 Å². The van der Waals surface area contributed by atoms with Gasteiger partial charge in [-0.15, -0.1) is 0 Å². The SMILES string of the molecule is Cc1cccnc1CCCNC(=O)N1CCCC(C(=O)O)C1. The van der Waals surface area contributed by atoms with Crippen LogP contribution in [-0.2, 0) is 11.2 Å². The first-order valence-electron chi connectivity index (χ1n) is 7.74. The summed E-state index contributed by atoms with van der Waals surface area (Å²) in [5.41, 5.74) is 2.22. The zero-order valence-electron chi connectivity index (χ0n) is 12.9.